The number of rotatable bonds is 7. The molecule has 0 radical (unpaired) electrons. The summed E-state index contributed by atoms with van der Waals surface area (Å²) >= 11 is 2.08. The van der Waals surface area contributed by atoms with Crippen molar-refractivity contribution in [3.8, 4) is 0 Å². The number of hydrogen-bond donors (Lipinski definition) is 3. The van der Waals surface area contributed by atoms with Crippen LogP contribution >= 0.6 is 11.8 Å². The molecule has 2 heterocycles. The van der Waals surface area contributed by atoms with E-state index in [-0.39, 0.29) is 12.0 Å². The molecular formula is C19H36N4O2S. The first-order chi connectivity index (χ1) is 12.7. The van der Waals surface area contributed by atoms with Crippen molar-refractivity contribution in [1.29, 1.82) is 0 Å². The highest BCUT2D eigenvalue weighted by molar-refractivity contribution is 7.99. The van der Waals surface area contributed by atoms with Crippen LogP contribution in [-0.4, -0.2) is 86.1 Å². The van der Waals surface area contributed by atoms with Gasteiger partial charge in [0.25, 0.3) is 0 Å². The Labute approximate surface area is 162 Å². The first kappa shape index (κ1) is 20.2. The molecule has 1 aliphatic carbocycles. The van der Waals surface area contributed by atoms with Gasteiger partial charge in [-0.2, -0.15) is 11.8 Å². The van der Waals surface area contributed by atoms with E-state index in [0.29, 0.717) is 5.54 Å². The molecule has 0 amide bonds. The van der Waals surface area contributed by atoms with Gasteiger partial charge in [-0.05, 0) is 25.7 Å². The summed E-state index contributed by atoms with van der Waals surface area (Å²) < 4.78 is 5.60. The standard InChI is InChI=1S/C19H36N4O2S/c1-20-17(21-14-18(6-10-24)7-11-25-16-18)22-15-19(4-2-3-5-19)23-8-12-26-13-9-23/h24H,2-16H2,1H3,(H2,20,21,22). The minimum absolute atomic E-state index is 0.0432. The van der Waals surface area contributed by atoms with Crippen LogP contribution in [-0.2, 0) is 4.74 Å². The number of hydrogen-bond acceptors (Lipinski definition) is 5. The van der Waals surface area contributed by atoms with E-state index in [1.54, 1.807) is 0 Å². The Morgan fingerprint density at radius 1 is 1.15 bits per heavy atom. The van der Waals surface area contributed by atoms with Gasteiger partial charge in [-0.1, -0.05) is 12.8 Å². The molecule has 150 valence electrons. The lowest BCUT2D eigenvalue weighted by Crippen LogP contribution is -2.58. The summed E-state index contributed by atoms with van der Waals surface area (Å²) in [6, 6.07) is 0. The molecule has 3 fully saturated rings. The Hall–Kier alpha value is -0.500. The van der Waals surface area contributed by atoms with E-state index < -0.39 is 0 Å². The highest BCUT2D eigenvalue weighted by Gasteiger charge is 2.40. The summed E-state index contributed by atoms with van der Waals surface area (Å²) in [4.78, 5) is 7.18. The Morgan fingerprint density at radius 3 is 2.50 bits per heavy atom. The maximum absolute atomic E-state index is 9.40. The van der Waals surface area contributed by atoms with E-state index in [2.05, 4.69) is 32.3 Å². The van der Waals surface area contributed by atoms with E-state index in [1.807, 2.05) is 7.05 Å². The van der Waals surface area contributed by atoms with Crippen molar-refractivity contribution < 1.29 is 9.84 Å². The van der Waals surface area contributed by atoms with E-state index in [4.69, 9.17) is 4.74 Å². The Balaban J connectivity index is 1.54. The van der Waals surface area contributed by atoms with Crippen molar-refractivity contribution in [1.82, 2.24) is 15.5 Å². The zero-order chi connectivity index (χ0) is 18.3. The zero-order valence-electron chi connectivity index (χ0n) is 16.3. The van der Waals surface area contributed by atoms with Crippen molar-refractivity contribution in [2.45, 2.75) is 44.1 Å². The Morgan fingerprint density at radius 2 is 1.88 bits per heavy atom. The molecule has 0 aromatic carbocycles. The summed E-state index contributed by atoms with van der Waals surface area (Å²) in [5.41, 5.74) is 0.347. The number of ether oxygens (including phenoxy) is 1. The van der Waals surface area contributed by atoms with Gasteiger partial charge in [0.2, 0.25) is 0 Å². The Kier molecular flexibility index (Phi) is 7.49. The summed E-state index contributed by atoms with van der Waals surface area (Å²) in [7, 11) is 1.85. The molecule has 0 spiro atoms. The molecule has 0 bridgehead atoms. The molecule has 7 heteroatoms. The number of nitrogens with zero attached hydrogens (tertiary/aromatic N) is 2. The zero-order valence-corrected chi connectivity index (χ0v) is 17.1. The second-order valence-electron chi connectivity index (χ2n) is 8.09. The summed E-state index contributed by atoms with van der Waals surface area (Å²) in [6.07, 6.45) is 7.07. The van der Waals surface area contributed by atoms with Gasteiger partial charge >= 0.3 is 0 Å². The van der Waals surface area contributed by atoms with Gasteiger partial charge in [-0.15, -0.1) is 0 Å². The molecule has 1 atom stereocenters. The van der Waals surface area contributed by atoms with Crippen LogP contribution < -0.4 is 10.6 Å². The third-order valence-corrected chi connectivity index (χ3v) is 7.43. The van der Waals surface area contributed by atoms with Crippen LogP contribution in [0.1, 0.15) is 38.5 Å². The fourth-order valence-electron chi connectivity index (χ4n) is 4.73. The monoisotopic (exact) mass is 384 g/mol. The molecule has 0 aromatic heterocycles. The molecule has 3 N–H and O–H groups in total. The first-order valence-corrected chi connectivity index (χ1v) is 11.3. The third-order valence-electron chi connectivity index (χ3n) is 6.48. The van der Waals surface area contributed by atoms with Crippen LogP contribution in [0.25, 0.3) is 0 Å². The first-order valence-electron chi connectivity index (χ1n) is 10.2. The summed E-state index contributed by atoms with van der Waals surface area (Å²) in [5.74, 6) is 3.41. The molecule has 1 saturated carbocycles. The number of aliphatic imine (C=N–C) groups is 1. The predicted octanol–water partition coefficient (Wildman–Crippen LogP) is 1.30. The topological polar surface area (TPSA) is 69.1 Å². The quantitative estimate of drug-likeness (QED) is 0.454. The highest BCUT2D eigenvalue weighted by atomic mass is 32.2. The van der Waals surface area contributed by atoms with Crippen LogP contribution in [0.3, 0.4) is 0 Å². The second kappa shape index (κ2) is 9.62. The van der Waals surface area contributed by atoms with E-state index in [9.17, 15) is 5.11 Å². The van der Waals surface area contributed by atoms with Crippen molar-refractivity contribution in [2.24, 2.45) is 10.4 Å². The average molecular weight is 385 g/mol. The van der Waals surface area contributed by atoms with Gasteiger partial charge in [0.1, 0.15) is 0 Å². The number of nitrogens with one attached hydrogen (secondary N) is 2. The number of guanidine groups is 1. The lowest BCUT2D eigenvalue weighted by Gasteiger charge is -2.43. The maximum atomic E-state index is 9.40. The molecule has 2 aliphatic heterocycles. The van der Waals surface area contributed by atoms with E-state index in [1.165, 1.54) is 50.3 Å². The van der Waals surface area contributed by atoms with Crippen LogP contribution in [0.5, 0.6) is 0 Å². The number of aliphatic hydroxyl groups excluding tert-OH is 1. The highest BCUT2D eigenvalue weighted by Crippen LogP contribution is 2.36. The molecule has 3 aliphatic rings. The lowest BCUT2D eigenvalue weighted by atomic mass is 9.84. The van der Waals surface area contributed by atoms with Crippen LogP contribution in [0, 0.1) is 5.41 Å². The molecule has 6 nitrogen and oxygen atoms in total. The van der Waals surface area contributed by atoms with E-state index in [0.717, 1.165) is 45.1 Å². The van der Waals surface area contributed by atoms with Gasteiger partial charge in [0.15, 0.2) is 5.96 Å². The largest absolute Gasteiger partial charge is 0.396 e. The predicted molar refractivity (Wildman–Crippen MR) is 109 cm³/mol. The molecular weight excluding hydrogens is 348 g/mol. The lowest BCUT2D eigenvalue weighted by molar-refractivity contribution is 0.107. The molecule has 2 saturated heterocycles. The Bertz CT molecular complexity index is 456. The van der Waals surface area contributed by atoms with Crippen molar-refractivity contribution in [3.63, 3.8) is 0 Å². The molecule has 26 heavy (non-hydrogen) atoms. The van der Waals surface area contributed by atoms with Crippen molar-refractivity contribution in [3.05, 3.63) is 0 Å². The fourth-order valence-corrected chi connectivity index (χ4v) is 5.63. The summed E-state index contributed by atoms with van der Waals surface area (Å²) in [5, 5.41) is 16.5. The van der Waals surface area contributed by atoms with Crippen LogP contribution in [0.4, 0.5) is 0 Å². The average Bonchev–Trinajstić information content (AvgIpc) is 3.34. The SMILES string of the molecule is CN=C(NCC1(CCO)CCOC1)NCC1(N2CCSCC2)CCCC1. The maximum Gasteiger partial charge on any atom is 0.191 e. The normalized spacial score (nSPS) is 29.8. The van der Waals surface area contributed by atoms with Crippen molar-refractivity contribution >= 4 is 17.7 Å². The molecule has 3 rings (SSSR count). The second-order valence-corrected chi connectivity index (χ2v) is 9.31. The third kappa shape index (κ3) is 4.86. The van der Waals surface area contributed by atoms with Gasteiger partial charge in [-0.3, -0.25) is 9.89 Å². The summed E-state index contributed by atoms with van der Waals surface area (Å²) in [6.45, 7) is 5.95. The minimum atomic E-state index is 0.0432. The van der Waals surface area contributed by atoms with Crippen LogP contribution in [0.2, 0.25) is 0 Å². The molecule has 1 unspecified atom stereocenters. The van der Waals surface area contributed by atoms with E-state index >= 15 is 0 Å². The van der Waals surface area contributed by atoms with Crippen LogP contribution in [0.15, 0.2) is 4.99 Å². The number of thioether (sulfide) groups is 1. The van der Waals surface area contributed by atoms with Gasteiger partial charge in [0, 0.05) is 68.9 Å². The molecule has 0 aromatic rings. The van der Waals surface area contributed by atoms with Gasteiger partial charge in [-0.25, -0.2) is 0 Å². The smallest absolute Gasteiger partial charge is 0.191 e. The van der Waals surface area contributed by atoms with Crippen molar-refractivity contribution in [2.75, 3.05) is 64.6 Å². The number of aliphatic hydroxyl groups is 1. The van der Waals surface area contributed by atoms with Gasteiger partial charge in [0.05, 0.1) is 6.61 Å². The minimum Gasteiger partial charge on any atom is -0.396 e. The van der Waals surface area contributed by atoms with Gasteiger partial charge < -0.3 is 20.5 Å². The fraction of sp³-hybridized carbons (Fsp3) is 0.947.